The molecule has 1 saturated heterocycles. The van der Waals surface area contributed by atoms with Crippen LogP contribution in [0.2, 0.25) is 0 Å². The van der Waals surface area contributed by atoms with Crippen LogP contribution in [0.4, 0.5) is 0 Å². The highest BCUT2D eigenvalue weighted by atomic mass is 16.5. The van der Waals surface area contributed by atoms with Crippen molar-refractivity contribution in [3.8, 4) is 0 Å². The van der Waals surface area contributed by atoms with E-state index in [1.807, 2.05) is 32.6 Å². The van der Waals surface area contributed by atoms with Crippen molar-refractivity contribution in [3.63, 3.8) is 0 Å². The van der Waals surface area contributed by atoms with E-state index in [9.17, 15) is 14.4 Å². The first kappa shape index (κ1) is 33.6. The Hall–Kier alpha value is -1.39. The van der Waals surface area contributed by atoms with Crippen LogP contribution in [-0.4, -0.2) is 41.8 Å². The highest BCUT2D eigenvalue weighted by Crippen LogP contribution is 2.44. The van der Waals surface area contributed by atoms with E-state index >= 15 is 0 Å². The van der Waals surface area contributed by atoms with Crippen molar-refractivity contribution >= 4 is 17.7 Å². The first-order chi connectivity index (χ1) is 16.2. The molecule has 5 nitrogen and oxygen atoms in total. The predicted molar refractivity (Wildman–Crippen MR) is 146 cm³/mol. The summed E-state index contributed by atoms with van der Waals surface area (Å²) in [6.07, 6.45) is 8.80. The Morgan fingerprint density at radius 2 is 1.51 bits per heavy atom. The smallest absolute Gasteiger partial charge is 0.302 e. The van der Waals surface area contributed by atoms with E-state index < -0.39 is 0 Å². The van der Waals surface area contributed by atoms with Crippen molar-refractivity contribution in [3.05, 3.63) is 0 Å². The number of likely N-dealkylation sites (tertiary alicyclic amines) is 1. The Bertz CT molecular complexity index is 643. The summed E-state index contributed by atoms with van der Waals surface area (Å²) in [5.74, 6) is 1.29. The molecule has 206 valence electrons. The van der Waals surface area contributed by atoms with Crippen molar-refractivity contribution in [1.29, 1.82) is 0 Å². The molecular weight excluding hydrogens is 438 g/mol. The lowest BCUT2D eigenvalue weighted by Gasteiger charge is -2.39. The Labute approximate surface area is 217 Å². The molecule has 0 aromatic rings. The number of carbonyl (C=O) groups excluding carboxylic acids is 3. The van der Waals surface area contributed by atoms with Crippen LogP contribution < -0.4 is 0 Å². The topological polar surface area (TPSA) is 63.7 Å². The molecule has 35 heavy (non-hydrogen) atoms. The molecule has 1 saturated carbocycles. The predicted octanol–water partition coefficient (Wildman–Crippen LogP) is 7.46. The Kier molecular flexibility index (Phi) is 15.0. The Morgan fingerprint density at radius 1 is 0.971 bits per heavy atom. The van der Waals surface area contributed by atoms with Gasteiger partial charge in [-0.25, -0.2) is 0 Å². The zero-order valence-electron chi connectivity index (χ0n) is 25.0. The van der Waals surface area contributed by atoms with Crippen molar-refractivity contribution in [2.75, 3.05) is 13.2 Å². The lowest BCUT2D eigenvalue weighted by Crippen LogP contribution is -2.45. The average Bonchev–Trinajstić information content (AvgIpc) is 3.11. The molecule has 0 spiro atoms. The summed E-state index contributed by atoms with van der Waals surface area (Å²) in [5.41, 5.74) is 0.474. The van der Waals surface area contributed by atoms with Gasteiger partial charge in [-0.2, -0.15) is 0 Å². The van der Waals surface area contributed by atoms with Gasteiger partial charge in [-0.1, -0.05) is 75.2 Å². The summed E-state index contributed by atoms with van der Waals surface area (Å²) in [6.45, 7) is 23.6. The summed E-state index contributed by atoms with van der Waals surface area (Å²) in [4.78, 5) is 37.7. The van der Waals surface area contributed by atoms with E-state index in [4.69, 9.17) is 0 Å². The number of carbonyl (C=O) groups is 3. The van der Waals surface area contributed by atoms with Crippen molar-refractivity contribution in [2.45, 2.75) is 134 Å². The first-order valence-electron chi connectivity index (χ1n) is 14.1. The van der Waals surface area contributed by atoms with Crippen molar-refractivity contribution in [2.24, 2.45) is 28.6 Å². The van der Waals surface area contributed by atoms with E-state index in [-0.39, 0.29) is 35.0 Å². The van der Waals surface area contributed by atoms with Gasteiger partial charge in [0.25, 0.3) is 0 Å². The molecule has 5 heteroatoms. The van der Waals surface area contributed by atoms with E-state index in [2.05, 4.69) is 39.4 Å². The fraction of sp³-hybridized carbons (Fsp3) is 0.900. The van der Waals surface area contributed by atoms with E-state index in [1.54, 1.807) is 6.92 Å². The van der Waals surface area contributed by atoms with E-state index in [1.165, 1.54) is 19.8 Å². The molecule has 0 N–H and O–H groups in total. The first-order valence-corrected chi connectivity index (χ1v) is 14.1. The summed E-state index contributed by atoms with van der Waals surface area (Å²) in [7, 11) is 0. The maximum absolute atomic E-state index is 13.5. The number of ether oxygens (including phenoxy) is 1. The SMILES string of the molecule is CC.CC(=O)OCC(C)C.CCCCC(C(=O)N1CC(C)(C)CC1C(C)=O)C1CCC(C)(C)CC1. The number of nitrogens with zero attached hydrogens (tertiary/aromatic N) is 1. The Balaban J connectivity index is 0.000000982. The van der Waals surface area contributed by atoms with Crippen molar-refractivity contribution in [1.82, 2.24) is 4.90 Å². The van der Waals surface area contributed by atoms with Crippen LogP contribution in [0.15, 0.2) is 0 Å². The van der Waals surface area contributed by atoms with Crippen LogP contribution in [0.3, 0.4) is 0 Å². The number of rotatable bonds is 8. The Morgan fingerprint density at radius 3 is 1.91 bits per heavy atom. The van der Waals surface area contributed by atoms with E-state index in [0.717, 1.165) is 45.1 Å². The number of esters is 1. The van der Waals surface area contributed by atoms with Crippen LogP contribution in [0.5, 0.6) is 0 Å². The zero-order valence-corrected chi connectivity index (χ0v) is 25.0. The second kappa shape index (κ2) is 15.7. The molecule has 1 heterocycles. The minimum Gasteiger partial charge on any atom is -0.466 e. The second-order valence-corrected chi connectivity index (χ2v) is 12.4. The molecule has 1 aliphatic carbocycles. The molecule has 0 bridgehead atoms. The maximum atomic E-state index is 13.5. The third-order valence-electron chi connectivity index (χ3n) is 7.23. The molecule has 2 fully saturated rings. The van der Waals surface area contributed by atoms with E-state index in [0.29, 0.717) is 23.9 Å². The standard InChI is InChI=1S/C22H39NO2.C6H12O2.C2H6/c1-7-8-9-18(17-10-12-21(3,4)13-11-17)20(25)23-15-22(5,6)14-19(23)16(2)24;1-5(2)4-8-6(3)7;1-2/h17-19H,7-15H2,1-6H3;5H,4H2,1-3H3;1-2H3. The van der Waals surface area contributed by atoms with Gasteiger partial charge in [-0.15, -0.1) is 0 Å². The minimum atomic E-state index is -0.202. The highest BCUT2D eigenvalue weighted by molar-refractivity contribution is 5.89. The van der Waals surface area contributed by atoms with Crippen LogP contribution in [0.25, 0.3) is 0 Å². The van der Waals surface area contributed by atoms with Gasteiger partial charge >= 0.3 is 5.97 Å². The molecule has 0 aromatic carbocycles. The number of Topliss-reactive ketones (excluding diaryl/α,β-unsaturated/α-hetero) is 1. The molecule has 2 rings (SSSR count). The lowest BCUT2D eigenvalue weighted by molar-refractivity contribution is -0.143. The van der Waals surface area contributed by atoms with Crippen LogP contribution in [0, 0.1) is 28.6 Å². The third-order valence-corrected chi connectivity index (χ3v) is 7.23. The van der Waals surface area contributed by atoms with Gasteiger partial charge in [0, 0.05) is 19.4 Å². The van der Waals surface area contributed by atoms with Gasteiger partial charge in [0.05, 0.1) is 12.6 Å². The normalized spacial score (nSPS) is 21.8. The van der Waals surface area contributed by atoms with Gasteiger partial charge in [0.2, 0.25) is 5.91 Å². The summed E-state index contributed by atoms with van der Waals surface area (Å²) >= 11 is 0. The molecule has 2 atom stereocenters. The zero-order chi connectivity index (χ0) is 27.4. The molecule has 2 aliphatic rings. The number of hydrogen-bond acceptors (Lipinski definition) is 4. The molecule has 2 unspecified atom stereocenters. The molecular formula is C30H57NO4. The van der Waals surface area contributed by atoms with Gasteiger partial charge in [-0.3, -0.25) is 14.4 Å². The van der Waals surface area contributed by atoms with Gasteiger partial charge in [0.15, 0.2) is 5.78 Å². The van der Waals surface area contributed by atoms with Crippen LogP contribution in [0.1, 0.15) is 128 Å². The van der Waals surface area contributed by atoms with Crippen LogP contribution in [-0.2, 0) is 19.1 Å². The number of unbranched alkanes of at least 4 members (excludes halogenated alkanes) is 1. The van der Waals surface area contributed by atoms with Gasteiger partial charge in [0.1, 0.15) is 0 Å². The molecule has 1 amide bonds. The minimum absolute atomic E-state index is 0.0514. The quantitative estimate of drug-likeness (QED) is 0.328. The average molecular weight is 496 g/mol. The number of amides is 1. The lowest BCUT2D eigenvalue weighted by atomic mass is 9.68. The molecule has 0 aromatic heterocycles. The molecule has 0 radical (unpaired) electrons. The van der Waals surface area contributed by atoms with Crippen LogP contribution >= 0.6 is 0 Å². The summed E-state index contributed by atoms with van der Waals surface area (Å²) < 4.78 is 4.66. The third kappa shape index (κ3) is 12.4. The summed E-state index contributed by atoms with van der Waals surface area (Å²) in [5, 5.41) is 0. The number of ketones is 1. The highest BCUT2D eigenvalue weighted by Gasteiger charge is 2.45. The fourth-order valence-electron chi connectivity index (χ4n) is 5.17. The van der Waals surface area contributed by atoms with Gasteiger partial charge < -0.3 is 9.64 Å². The molecule has 1 aliphatic heterocycles. The monoisotopic (exact) mass is 495 g/mol. The largest absolute Gasteiger partial charge is 0.466 e. The maximum Gasteiger partial charge on any atom is 0.302 e. The number of hydrogen-bond donors (Lipinski definition) is 0. The summed E-state index contributed by atoms with van der Waals surface area (Å²) in [6, 6.07) is -0.202. The second-order valence-electron chi connectivity index (χ2n) is 12.4. The van der Waals surface area contributed by atoms with Gasteiger partial charge in [-0.05, 0) is 68.1 Å². The fourth-order valence-corrected chi connectivity index (χ4v) is 5.17. The van der Waals surface area contributed by atoms with Crippen molar-refractivity contribution < 1.29 is 19.1 Å².